The van der Waals surface area contributed by atoms with Gasteiger partial charge in [0, 0.05) is 19.1 Å². The predicted molar refractivity (Wildman–Crippen MR) is 73.4 cm³/mol. The van der Waals surface area contributed by atoms with Crippen LogP contribution in [0.4, 0.5) is 4.39 Å². The lowest BCUT2D eigenvalue weighted by molar-refractivity contribution is -0.131. The SMILES string of the molecule is CCNC1CCN(C(=O)Cc2cccc(F)c2)CC1. The van der Waals surface area contributed by atoms with Gasteiger partial charge < -0.3 is 10.2 Å². The lowest BCUT2D eigenvalue weighted by atomic mass is 10.0. The van der Waals surface area contributed by atoms with E-state index in [-0.39, 0.29) is 11.7 Å². The molecule has 0 aromatic heterocycles. The molecule has 1 heterocycles. The van der Waals surface area contributed by atoms with Gasteiger partial charge in [0.15, 0.2) is 0 Å². The van der Waals surface area contributed by atoms with Crippen molar-refractivity contribution in [2.45, 2.75) is 32.2 Å². The van der Waals surface area contributed by atoms with Crippen LogP contribution in [-0.4, -0.2) is 36.5 Å². The fourth-order valence-electron chi connectivity index (χ4n) is 2.56. The minimum absolute atomic E-state index is 0.0977. The second-order valence-corrected chi connectivity index (χ2v) is 5.02. The van der Waals surface area contributed by atoms with Crippen molar-refractivity contribution in [3.63, 3.8) is 0 Å². The maximum absolute atomic E-state index is 13.1. The molecule has 1 aliphatic heterocycles. The van der Waals surface area contributed by atoms with Crippen LogP contribution in [0.3, 0.4) is 0 Å². The normalized spacial score (nSPS) is 16.6. The molecule has 1 aliphatic rings. The number of amides is 1. The number of hydrogen-bond acceptors (Lipinski definition) is 2. The van der Waals surface area contributed by atoms with Crippen molar-refractivity contribution in [2.24, 2.45) is 0 Å². The maximum Gasteiger partial charge on any atom is 0.226 e. The molecule has 1 aromatic carbocycles. The quantitative estimate of drug-likeness (QED) is 0.901. The smallest absolute Gasteiger partial charge is 0.226 e. The van der Waals surface area contributed by atoms with Gasteiger partial charge in [-0.05, 0) is 37.1 Å². The summed E-state index contributed by atoms with van der Waals surface area (Å²) in [4.78, 5) is 14.0. The van der Waals surface area contributed by atoms with Crippen molar-refractivity contribution in [3.05, 3.63) is 35.6 Å². The number of benzene rings is 1. The van der Waals surface area contributed by atoms with Crippen LogP contribution in [0, 0.1) is 5.82 Å². The third-order valence-corrected chi connectivity index (χ3v) is 3.58. The zero-order chi connectivity index (χ0) is 13.7. The maximum atomic E-state index is 13.1. The Kier molecular flexibility index (Phi) is 4.91. The number of nitrogens with zero attached hydrogens (tertiary/aromatic N) is 1. The zero-order valence-electron chi connectivity index (χ0n) is 11.4. The summed E-state index contributed by atoms with van der Waals surface area (Å²) < 4.78 is 13.1. The van der Waals surface area contributed by atoms with Crippen LogP contribution in [0.25, 0.3) is 0 Å². The molecule has 2 rings (SSSR count). The van der Waals surface area contributed by atoms with Crippen LogP contribution in [0.5, 0.6) is 0 Å². The number of hydrogen-bond donors (Lipinski definition) is 1. The second kappa shape index (κ2) is 6.66. The molecule has 0 spiro atoms. The molecule has 3 nitrogen and oxygen atoms in total. The number of nitrogens with one attached hydrogen (secondary N) is 1. The first-order chi connectivity index (χ1) is 9.19. The van der Waals surface area contributed by atoms with Crippen LogP contribution in [0.1, 0.15) is 25.3 Å². The molecule has 1 saturated heterocycles. The Morgan fingerprint density at radius 2 is 2.16 bits per heavy atom. The second-order valence-electron chi connectivity index (χ2n) is 5.02. The Morgan fingerprint density at radius 3 is 2.79 bits per heavy atom. The van der Waals surface area contributed by atoms with Crippen molar-refractivity contribution in [1.29, 1.82) is 0 Å². The number of rotatable bonds is 4. The van der Waals surface area contributed by atoms with Crippen LogP contribution in [0.2, 0.25) is 0 Å². The molecule has 104 valence electrons. The van der Waals surface area contributed by atoms with Gasteiger partial charge in [-0.2, -0.15) is 0 Å². The van der Waals surface area contributed by atoms with Gasteiger partial charge in [-0.15, -0.1) is 0 Å². The van der Waals surface area contributed by atoms with E-state index in [9.17, 15) is 9.18 Å². The van der Waals surface area contributed by atoms with E-state index in [1.165, 1.54) is 12.1 Å². The standard InChI is InChI=1S/C15H21FN2O/c1-2-17-14-6-8-18(9-7-14)15(19)11-12-4-3-5-13(16)10-12/h3-5,10,14,17H,2,6-9,11H2,1H3. The number of carbonyl (C=O) groups excluding carboxylic acids is 1. The molecule has 0 aliphatic carbocycles. The van der Waals surface area contributed by atoms with Gasteiger partial charge >= 0.3 is 0 Å². The van der Waals surface area contributed by atoms with E-state index < -0.39 is 0 Å². The minimum Gasteiger partial charge on any atom is -0.342 e. The highest BCUT2D eigenvalue weighted by molar-refractivity contribution is 5.78. The molecule has 0 bridgehead atoms. The minimum atomic E-state index is -0.281. The summed E-state index contributed by atoms with van der Waals surface area (Å²) >= 11 is 0. The molecular formula is C15H21FN2O. The fourth-order valence-corrected chi connectivity index (χ4v) is 2.56. The van der Waals surface area contributed by atoms with Crippen LogP contribution in [-0.2, 0) is 11.2 Å². The van der Waals surface area contributed by atoms with Crippen molar-refractivity contribution >= 4 is 5.91 Å². The molecule has 0 atom stereocenters. The summed E-state index contributed by atoms with van der Waals surface area (Å²) in [5.74, 6) is -0.184. The van der Waals surface area contributed by atoms with E-state index in [0.29, 0.717) is 12.5 Å². The molecular weight excluding hydrogens is 243 g/mol. The molecule has 1 N–H and O–H groups in total. The van der Waals surface area contributed by atoms with E-state index in [4.69, 9.17) is 0 Å². The van der Waals surface area contributed by atoms with E-state index in [0.717, 1.165) is 38.0 Å². The molecule has 1 aromatic rings. The Bertz CT molecular complexity index is 428. The topological polar surface area (TPSA) is 32.3 Å². The Hall–Kier alpha value is -1.42. The number of piperidine rings is 1. The molecule has 0 unspecified atom stereocenters. The van der Waals surface area contributed by atoms with Gasteiger partial charge in [0.05, 0.1) is 6.42 Å². The summed E-state index contributed by atoms with van der Waals surface area (Å²) in [6, 6.07) is 6.81. The molecule has 1 fully saturated rings. The Labute approximate surface area is 113 Å². The summed E-state index contributed by atoms with van der Waals surface area (Å²) in [5, 5.41) is 3.41. The predicted octanol–water partition coefficient (Wildman–Crippen LogP) is 1.97. The Balaban J connectivity index is 1.84. The number of carbonyl (C=O) groups is 1. The Morgan fingerprint density at radius 1 is 1.42 bits per heavy atom. The van der Waals surface area contributed by atoms with E-state index in [2.05, 4.69) is 12.2 Å². The number of halogens is 1. The average Bonchev–Trinajstić information content (AvgIpc) is 2.40. The lowest BCUT2D eigenvalue weighted by Gasteiger charge is -2.32. The van der Waals surface area contributed by atoms with Gasteiger partial charge in [-0.1, -0.05) is 19.1 Å². The summed E-state index contributed by atoms with van der Waals surface area (Å²) in [6.45, 7) is 4.67. The van der Waals surface area contributed by atoms with E-state index >= 15 is 0 Å². The summed E-state index contributed by atoms with van der Waals surface area (Å²) in [6.07, 6.45) is 2.30. The van der Waals surface area contributed by atoms with Gasteiger partial charge in [-0.25, -0.2) is 4.39 Å². The fraction of sp³-hybridized carbons (Fsp3) is 0.533. The summed E-state index contributed by atoms with van der Waals surface area (Å²) in [5.41, 5.74) is 0.749. The first-order valence-corrected chi connectivity index (χ1v) is 6.94. The first kappa shape index (κ1) is 14.0. The van der Waals surface area contributed by atoms with Gasteiger partial charge in [0.1, 0.15) is 5.82 Å². The van der Waals surface area contributed by atoms with Crippen molar-refractivity contribution in [1.82, 2.24) is 10.2 Å². The summed E-state index contributed by atoms with van der Waals surface area (Å²) in [7, 11) is 0. The van der Waals surface area contributed by atoms with Crippen LogP contribution in [0.15, 0.2) is 24.3 Å². The van der Waals surface area contributed by atoms with Crippen molar-refractivity contribution in [3.8, 4) is 0 Å². The lowest BCUT2D eigenvalue weighted by Crippen LogP contribution is -2.45. The largest absolute Gasteiger partial charge is 0.342 e. The molecule has 1 amide bonds. The van der Waals surface area contributed by atoms with Crippen molar-refractivity contribution in [2.75, 3.05) is 19.6 Å². The average molecular weight is 264 g/mol. The van der Waals surface area contributed by atoms with E-state index in [1.807, 2.05) is 4.90 Å². The molecule has 19 heavy (non-hydrogen) atoms. The van der Waals surface area contributed by atoms with Crippen LogP contribution >= 0.6 is 0 Å². The highest BCUT2D eigenvalue weighted by Gasteiger charge is 2.22. The monoisotopic (exact) mass is 264 g/mol. The molecule has 0 saturated carbocycles. The number of likely N-dealkylation sites (tertiary alicyclic amines) is 1. The van der Waals surface area contributed by atoms with Crippen molar-refractivity contribution < 1.29 is 9.18 Å². The highest BCUT2D eigenvalue weighted by atomic mass is 19.1. The van der Waals surface area contributed by atoms with E-state index in [1.54, 1.807) is 12.1 Å². The highest BCUT2D eigenvalue weighted by Crippen LogP contribution is 2.13. The molecule has 4 heteroatoms. The third-order valence-electron chi connectivity index (χ3n) is 3.58. The molecule has 0 radical (unpaired) electrons. The van der Waals surface area contributed by atoms with Gasteiger partial charge in [-0.3, -0.25) is 4.79 Å². The zero-order valence-corrected chi connectivity index (χ0v) is 11.4. The first-order valence-electron chi connectivity index (χ1n) is 6.94. The van der Waals surface area contributed by atoms with Gasteiger partial charge in [0.25, 0.3) is 0 Å². The van der Waals surface area contributed by atoms with Gasteiger partial charge in [0.2, 0.25) is 5.91 Å². The van der Waals surface area contributed by atoms with Crippen LogP contribution < -0.4 is 5.32 Å². The third kappa shape index (κ3) is 4.03.